The number of ether oxygens (including phenoxy) is 2. The Kier molecular flexibility index (Phi) is 12.0. The Balaban J connectivity index is 1.36. The summed E-state index contributed by atoms with van der Waals surface area (Å²) in [5.74, 6) is 1.54. The molecule has 0 fully saturated rings. The van der Waals surface area contributed by atoms with Gasteiger partial charge in [0.05, 0.1) is 0 Å². The van der Waals surface area contributed by atoms with Crippen LogP contribution < -0.4 is 10.6 Å². The van der Waals surface area contributed by atoms with Crippen LogP contribution in [0.25, 0.3) is 0 Å². The quantitative estimate of drug-likeness (QED) is 0.351. The van der Waals surface area contributed by atoms with E-state index < -0.39 is 12.2 Å². The van der Waals surface area contributed by atoms with Gasteiger partial charge in [-0.15, -0.1) is 0 Å². The Bertz CT molecular complexity index is 659. The Morgan fingerprint density at radius 3 is 1.52 bits per heavy atom. The summed E-state index contributed by atoms with van der Waals surface area (Å²) < 4.78 is 10.3. The molecule has 156 valence electrons. The summed E-state index contributed by atoms with van der Waals surface area (Å²) in [5.41, 5.74) is 1.92. The lowest BCUT2D eigenvalue weighted by molar-refractivity contribution is 0.139. The highest BCUT2D eigenvalue weighted by atomic mass is 33.5. The topological polar surface area (TPSA) is 76.7 Å². The third-order valence-electron chi connectivity index (χ3n) is 3.43. The first-order chi connectivity index (χ1) is 14.2. The smallest absolute Gasteiger partial charge is 0.407 e. The van der Waals surface area contributed by atoms with Crippen molar-refractivity contribution in [2.75, 3.05) is 24.6 Å². The van der Waals surface area contributed by atoms with Crippen LogP contribution >= 0.6 is 31.4 Å². The van der Waals surface area contributed by atoms with Gasteiger partial charge in [-0.2, -0.15) is 0 Å². The van der Waals surface area contributed by atoms with Crippen LogP contribution in [0.15, 0.2) is 60.7 Å². The van der Waals surface area contributed by atoms with E-state index in [1.54, 1.807) is 31.4 Å². The Morgan fingerprint density at radius 1 is 0.690 bits per heavy atom. The van der Waals surface area contributed by atoms with Gasteiger partial charge in [-0.3, -0.25) is 0 Å². The van der Waals surface area contributed by atoms with Crippen molar-refractivity contribution in [1.29, 1.82) is 0 Å². The molecule has 2 N–H and O–H groups in total. The van der Waals surface area contributed by atoms with Crippen molar-refractivity contribution in [1.82, 2.24) is 10.6 Å². The van der Waals surface area contributed by atoms with Gasteiger partial charge >= 0.3 is 12.2 Å². The standard InChI is InChI=1S/C20H24N2O4S3/c23-19(25-15-17-7-3-1-4-8-17)21-11-13-27-29-28-14-12-22-20(24)26-16-18-9-5-2-6-10-18/h1-10H,11-16H2,(H,21,23)(H,22,24). The first-order valence-electron chi connectivity index (χ1n) is 9.04. The molecule has 0 atom stereocenters. The molecule has 2 aromatic rings. The number of alkyl carbamates (subject to hydrolysis) is 2. The molecule has 2 rings (SSSR count). The van der Waals surface area contributed by atoms with Crippen molar-refractivity contribution in [3.05, 3.63) is 71.8 Å². The van der Waals surface area contributed by atoms with Crippen LogP contribution in [0, 0.1) is 0 Å². The second-order valence-electron chi connectivity index (χ2n) is 5.69. The van der Waals surface area contributed by atoms with E-state index in [2.05, 4.69) is 10.6 Å². The molecule has 0 aromatic heterocycles. The van der Waals surface area contributed by atoms with E-state index in [1.807, 2.05) is 60.7 Å². The SMILES string of the molecule is O=C(NCCSSSCCNC(=O)OCc1ccccc1)OCc1ccccc1. The minimum atomic E-state index is -0.412. The lowest BCUT2D eigenvalue weighted by atomic mass is 10.2. The van der Waals surface area contributed by atoms with Crippen LogP contribution in [0.5, 0.6) is 0 Å². The molecular formula is C20H24N2O4S3. The van der Waals surface area contributed by atoms with E-state index in [0.29, 0.717) is 13.1 Å². The number of hydrogen-bond acceptors (Lipinski definition) is 7. The monoisotopic (exact) mass is 452 g/mol. The summed E-state index contributed by atoms with van der Waals surface area (Å²) in [6.07, 6.45) is -0.823. The molecule has 0 unspecified atom stereocenters. The fourth-order valence-corrected chi connectivity index (χ4v) is 5.56. The van der Waals surface area contributed by atoms with E-state index >= 15 is 0 Å². The summed E-state index contributed by atoms with van der Waals surface area (Å²) in [6.45, 7) is 1.61. The summed E-state index contributed by atoms with van der Waals surface area (Å²) in [6, 6.07) is 19.1. The second-order valence-corrected chi connectivity index (χ2v) is 10.2. The van der Waals surface area contributed by atoms with Gasteiger partial charge < -0.3 is 20.1 Å². The van der Waals surface area contributed by atoms with Crippen molar-refractivity contribution in [2.24, 2.45) is 0 Å². The van der Waals surface area contributed by atoms with Gasteiger partial charge in [0.25, 0.3) is 0 Å². The van der Waals surface area contributed by atoms with Gasteiger partial charge in [0.2, 0.25) is 0 Å². The lowest BCUT2D eigenvalue weighted by Crippen LogP contribution is -2.26. The average molecular weight is 453 g/mol. The Hall–Kier alpha value is -1.97. The molecule has 0 radical (unpaired) electrons. The number of carbonyl (C=O) groups is 2. The van der Waals surface area contributed by atoms with E-state index in [-0.39, 0.29) is 13.2 Å². The average Bonchev–Trinajstić information content (AvgIpc) is 2.76. The first-order valence-corrected chi connectivity index (χ1v) is 12.9. The largest absolute Gasteiger partial charge is 0.445 e. The van der Waals surface area contributed by atoms with Crippen molar-refractivity contribution in [2.45, 2.75) is 13.2 Å². The maximum atomic E-state index is 11.6. The third kappa shape index (κ3) is 11.6. The minimum absolute atomic E-state index is 0.269. The van der Waals surface area contributed by atoms with Gasteiger partial charge in [0.1, 0.15) is 13.2 Å². The molecule has 29 heavy (non-hydrogen) atoms. The predicted octanol–water partition coefficient (Wildman–Crippen LogP) is 4.87. The molecule has 0 aliphatic heterocycles. The summed E-state index contributed by atoms with van der Waals surface area (Å²) in [5, 5.41) is 5.44. The normalized spacial score (nSPS) is 10.2. The maximum Gasteiger partial charge on any atom is 0.407 e. The second kappa shape index (κ2) is 14.9. The highest BCUT2D eigenvalue weighted by molar-refractivity contribution is 9.09. The number of nitrogens with one attached hydrogen (secondary N) is 2. The number of benzene rings is 2. The van der Waals surface area contributed by atoms with E-state index in [1.165, 1.54) is 0 Å². The van der Waals surface area contributed by atoms with E-state index in [4.69, 9.17) is 9.47 Å². The van der Waals surface area contributed by atoms with Crippen LogP contribution in [0.1, 0.15) is 11.1 Å². The van der Waals surface area contributed by atoms with Crippen LogP contribution in [-0.2, 0) is 22.7 Å². The third-order valence-corrected chi connectivity index (χ3v) is 7.67. The summed E-state index contributed by atoms with van der Waals surface area (Å²) in [4.78, 5) is 23.2. The fraction of sp³-hybridized carbons (Fsp3) is 0.300. The zero-order valence-corrected chi connectivity index (χ0v) is 18.3. The van der Waals surface area contributed by atoms with Crippen molar-refractivity contribution in [3.8, 4) is 0 Å². The number of carbonyl (C=O) groups excluding carboxylic acids is 2. The predicted molar refractivity (Wildman–Crippen MR) is 122 cm³/mol. The molecule has 9 heteroatoms. The molecular weight excluding hydrogens is 428 g/mol. The van der Waals surface area contributed by atoms with Gasteiger partial charge in [0.15, 0.2) is 0 Å². The number of amides is 2. The summed E-state index contributed by atoms with van der Waals surface area (Å²) >= 11 is 0. The molecule has 0 aliphatic carbocycles. The zero-order chi connectivity index (χ0) is 20.6. The van der Waals surface area contributed by atoms with Gasteiger partial charge in [0, 0.05) is 24.6 Å². The molecule has 2 amide bonds. The molecule has 0 heterocycles. The molecule has 2 aromatic carbocycles. The maximum absolute atomic E-state index is 11.6. The highest BCUT2D eigenvalue weighted by Gasteiger charge is 2.03. The van der Waals surface area contributed by atoms with E-state index in [0.717, 1.165) is 22.6 Å². The molecule has 0 aliphatic rings. The van der Waals surface area contributed by atoms with Crippen molar-refractivity contribution in [3.63, 3.8) is 0 Å². The first kappa shape index (κ1) is 23.3. The molecule has 0 spiro atoms. The number of rotatable bonds is 12. The van der Waals surface area contributed by atoms with Gasteiger partial charge in [-0.1, -0.05) is 82.3 Å². The molecule has 6 nitrogen and oxygen atoms in total. The Morgan fingerprint density at radius 2 is 1.10 bits per heavy atom. The van der Waals surface area contributed by atoms with Crippen LogP contribution in [0.2, 0.25) is 0 Å². The van der Waals surface area contributed by atoms with Crippen LogP contribution in [0.4, 0.5) is 9.59 Å². The van der Waals surface area contributed by atoms with E-state index in [9.17, 15) is 9.59 Å². The minimum Gasteiger partial charge on any atom is -0.445 e. The van der Waals surface area contributed by atoms with Crippen LogP contribution in [0.3, 0.4) is 0 Å². The van der Waals surface area contributed by atoms with Crippen molar-refractivity contribution < 1.29 is 19.1 Å². The molecule has 0 saturated heterocycles. The summed E-state index contributed by atoms with van der Waals surface area (Å²) in [7, 11) is 4.91. The van der Waals surface area contributed by atoms with Gasteiger partial charge in [-0.05, 0) is 21.0 Å². The molecule has 0 saturated carbocycles. The fourth-order valence-electron chi connectivity index (χ4n) is 2.04. The van der Waals surface area contributed by atoms with Crippen molar-refractivity contribution >= 4 is 43.6 Å². The lowest BCUT2D eigenvalue weighted by Gasteiger charge is -2.07. The number of hydrogen-bond donors (Lipinski definition) is 2. The molecule has 0 bridgehead atoms. The van der Waals surface area contributed by atoms with Gasteiger partial charge in [-0.25, -0.2) is 9.59 Å². The highest BCUT2D eigenvalue weighted by Crippen LogP contribution is 2.33. The zero-order valence-electron chi connectivity index (χ0n) is 15.9. The Labute approximate surface area is 182 Å². The van der Waals surface area contributed by atoms with Crippen LogP contribution in [-0.4, -0.2) is 36.8 Å².